The van der Waals surface area contributed by atoms with Crippen molar-refractivity contribution in [2.75, 3.05) is 26.2 Å². The van der Waals surface area contributed by atoms with Crippen molar-refractivity contribution in [1.82, 2.24) is 30.0 Å². The minimum atomic E-state index is -0.225. The number of hydrogen-bond acceptors (Lipinski definition) is 6. The summed E-state index contributed by atoms with van der Waals surface area (Å²) < 4.78 is 7.48. The highest BCUT2D eigenvalue weighted by Gasteiger charge is 2.37. The molecule has 37 heavy (non-hydrogen) atoms. The molecule has 2 fully saturated rings. The van der Waals surface area contributed by atoms with E-state index in [2.05, 4.69) is 22.3 Å². The van der Waals surface area contributed by atoms with E-state index in [9.17, 15) is 14.4 Å². The van der Waals surface area contributed by atoms with Gasteiger partial charge in [0.15, 0.2) is 5.52 Å². The van der Waals surface area contributed by atoms with Crippen LogP contribution < -0.4 is 15.6 Å². The number of aromatic nitrogens is 4. The highest BCUT2D eigenvalue weighted by Crippen LogP contribution is 2.39. The minimum Gasteiger partial charge on any atom is -0.493 e. The molecule has 0 unspecified atom stereocenters. The van der Waals surface area contributed by atoms with Gasteiger partial charge in [0.25, 0.3) is 5.56 Å². The van der Waals surface area contributed by atoms with Crippen LogP contribution in [0.3, 0.4) is 0 Å². The predicted octanol–water partition coefficient (Wildman–Crippen LogP) is 2.20. The molecule has 10 nitrogen and oxygen atoms in total. The van der Waals surface area contributed by atoms with Crippen molar-refractivity contribution in [3.8, 4) is 17.1 Å². The highest BCUT2D eigenvalue weighted by atomic mass is 16.5. The third-order valence-corrected chi connectivity index (χ3v) is 7.31. The number of nitrogens with zero attached hydrogens (tertiary/aromatic N) is 4. The lowest BCUT2D eigenvalue weighted by molar-refractivity contribution is -0.144. The van der Waals surface area contributed by atoms with Crippen LogP contribution in [0.4, 0.5) is 0 Å². The Morgan fingerprint density at radius 3 is 2.76 bits per heavy atom. The summed E-state index contributed by atoms with van der Waals surface area (Å²) >= 11 is 0. The number of nitrogens with one attached hydrogen (secondary N) is 2. The van der Waals surface area contributed by atoms with Crippen molar-refractivity contribution >= 4 is 22.8 Å². The van der Waals surface area contributed by atoms with E-state index < -0.39 is 0 Å². The lowest BCUT2D eigenvalue weighted by atomic mass is 9.71. The molecule has 1 aromatic carbocycles. The summed E-state index contributed by atoms with van der Waals surface area (Å²) in [4.78, 5) is 46.9. The SMILES string of the molecule is CCCc1nn(C)c2c(=O)[nH]c(-c3cc(CC4CC(C(=O)N5CCNC(=O)C5)C4)ccc3OCC)nc12. The molecular formula is C27H34N6O4. The van der Waals surface area contributed by atoms with Crippen molar-refractivity contribution in [3.05, 3.63) is 39.8 Å². The third kappa shape index (κ3) is 4.97. The van der Waals surface area contributed by atoms with E-state index in [4.69, 9.17) is 9.72 Å². The number of hydrogen-bond donors (Lipinski definition) is 2. The molecule has 1 saturated carbocycles. The summed E-state index contributed by atoms with van der Waals surface area (Å²) in [6.45, 7) is 5.77. The van der Waals surface area contributed by atoms with Crippen molar-refractivity contribution in [2.45, 2.75) is 46.0 Å². The van der Waals surface area contributed by atoms with Crippen molar-refractivity contribution < 1.29 is 14.3 Å². The zero-order valence-corrected chi connectivity index (χ0v) is 21.7. The lowest BCUT2D eigenvalue weighted by Gasteiger charge is -2.38. The quantitative estimate of drug-likeness (QED) is 0.483. The Morgan fingerprint density at radius 1 is 1.22 bits per heavy atom. The normalized spacial score (nSPS) is 19.5. The first kappa shape index (κ1) is 25.0. The van der Waals surface area contributed by atoms with Gasteiger partial charge in [-0.1, -0.05) is 19.4 Å². The van der Waals surface area contributed by atoms with Crippen LogP contribution in [0.25, 0.3) is 22.4 Å². The molecule has 0 atom stereocenters. The van der Waals surface area contributed by atoms with Gasteiger partial charge in [-0.25, -0.2) is 4.98 Å². The monoisotopic (exact) mass is 506 g/mol. The van der Waals surface area contributed by atoms with Crippen molar-refractivity contribution in [2.24, 2.45) is 18.9 Å². The van der Waals surface area contributed by atoms with Gasteiger partial charge in [0, 0.05) is 26.1 Å². The van der Waals surface area contributed by atoms with E-state index in [-0.39, 0.29) is 29.8 Å². The van der Waals surface area contributed by atoms with E-state index >= 15 is 0 Å². The summed E-state index contributed by atoms with van der Waals surface area (Å²) in [5, 5.41) is 7.28. The molecule has 0 spiro atoms. The molecule has 3 heterocycles. The van der Waals surface area contributed by atoms with Crippen LogP contribution in [0, 0.1) is 11.8 Å². The molecule has 10 heteroatoms. The molecule has 1 saturated heterocycles. The standard InChI is InChI=1S/C27H34N6O4/c1-4-6-20-23-24(32(3)31-20)26(35)30-25(29-23)19-14-16(7-8-21(19)37-5-2)11-17-12-18(13-17)27(36)33-10-9-28-22(34)15-33/h7-8,14,17-18H,4-6,9-13,15H2,1-3H3,(H,28,34)(H,29,30,35). The summed E-state index contributed by atoms with van der Waals surface area (Å²) in [5.74, 6) is 1.52. The number of aryl methyl sites for hydroxylation is 2. The van der Waals surface area contributed by atoms with Gasteiger partial charge in [0.1, 0.15) is 17.1 Å². The average molecular weight is 507 g/mol. The largest absolute Gasteiger partial charge is 0.493 e. The van der Waals surface area contributed by atoms with Gasteiger partial charge in [-0.05, 0) is 56.2 Å². The molecule has 3 aromatic rings. The Balaban J connectivity index is 1.37. The smallest absolute Gasteiger partial charge is 0.277 e. The molecule has 1 aliphatic heterocycles. The molecule has 0 bridgehead atoms. The molecule has 5 rings (SSSR count). The third-order valence-electron chi connectivity index (χ3n) is 7.31. The number of fused-ring (bicyclic) bond motifs is 1. The van der Waals surface area contributed by atoms with Gasteiger partial charge in [-0.15, -0.1) is 0 Å². The van der Waals surface area contributed by atoms with E-state index in [1.165, 1.54) is 0 Å². The van der Waals surface area contributed by atoms with Crippen LogP contribution in [0.5, 0.6) is 5.75 Å². The number of benzene rings is 1. The summed E-state index contributed by atoms with van der Waals surface area (Å²) in [6.07, 6.45) is 4.11. The van der Waals surface area contributed by atoms with Crippen LogP contribution >= 0.6 is 0 Å². The number of ether oxygens (including phenoxy) is 1. The van der Waals surface area contributed by atoms with Crippen LogP contribution in [0.15, 0.2) is 23.0 Å². The zero-order valence-electron chi connectivity index (χ0n) is 21.7. The molecule has 2 aromatic heterocycles. The topological polar surface area (TPSA) is 122 Å². The fourth-order valence-electron chi connectivity index (χ4n) is 5.47. The fraction of sp³-hybridized carbons (Fsp3) is 0.519. The lowest BCUT2D eigenvalue weighted by Crippen LogP contribution is -2.53. The number of piperazine rings is 1. The second-order valence-electron chi connectivity index (χ2n) is 10.0. The van der Waals surface area contributed by atoms with Gasteiger partial charge in [0.2, 0.25) is 11.8 Å². The molecule has 196 valence electrons. The molecule has 2 aliphatic rings. The van der Waals surface area contributed by atoms with E-state index in [1.54, 1.807) is 16.6 Å². The van der Waals surface area contributed by atoms with Gasteiger partial charge < -0.3 is 19.9 Å². The Labute approximate surface area is 215 Å². The molecule has 2 amide bonds. The number of amides is 2. The van der Waals surface area contributed by atoms with Crippen LogP contribution in [0.1, 0.15) is 44.4 Å². The first-order chi connectivity index (χ1) is 17.9. The number of aromatic amines is 1. The summed E-state index contributed by atoms with van der Waals surface area (Å²) in [6, 6.07) is 6.01. The maximum Gasteiger partial charge on any atom is 0.277 e. The van der Waals surface area contributed by atoms with Crippen LogP contribution in [0.2, 0.25) is 0 Å². The second kappa shape index (κ2) is 10.4. The first-order valence-electron chi connectivity index (χ1n) is 13.1. The maximum absolute atomic E-state index is 13.0. The van der Waals surface area contributed by atoms with E-state index in [1.807, 2.05) is 25.1 Å². The van der Waals surface area contributed by atoms with Gasteiger partial charge in [-0.2, -0.15) is 5.10 Å². The summed E-state index contributed by atoms with van der Waals surface area (Å²) in [5.41, 5.74) is 3.54. The Kier molecular flexibility index (Phi) is 6.99. The van der Waals surface area contributed by atoms with E-state index in [0.717, 1.165) is 48.9 Å². The van der Waals surface area contributed by atoms with Gasteiger partial charge >= 0.3 is 0 Å². The Morgan fingerprint density at radius 2 is 2.03 bits per heavy atom. The highest BCUT2D eigenvalue weighted by molar-refractivity contribution is 5.87. The number of carbonyl (C=O) groups is 2. The fourth-order valence-corrected chi connectivity index (χ4v) is 5.47. The van der Waals surface area contributed by atoms with E-state index in [0.29, 0.717) is 48.2 Å². The first-order valence-corrected chi connectivity index (χ1v) is 13.1. The molecule has 0 radical (unpaired) electrons. The van der Waals surface area contributed by atoms with Gasteiger partial charge in [-0.3, -0.25) is 19.1 Å². The van der Waals surface area contributed by atoms with Crippen LogP contribution in [-0.2, 0) is 29.5 Å². The molecular weight excluding hydrogens is 472 g/mol. The van der Waals surface area contributed by atoms with Crippen molar-refractivity contribution in [3.63, 3.8) is 0 Å². The number of H-pyrrole nitrogens is 1. The van der Waals surface area contributed by atoms with Crippen LogP contribution in [-0.4, -0.2) is 62.7 Å². The number of rotatable bonds is 8. The average Bonchev–Trinajstić information content (AvgIpc) is 3.17. The minimum absolute atomic E-state index is 0.0129. The maximum atomic E-state index is 13.0. The Hall–Kier alpha value is -3.69. The van der Waals surface area contributed by atoms with Crippen molar-refractivity contribution in [1.29, 1.82) is 0 Å². The zero-order chi connectivity index (χ0) is 26.1. The summed E-state index contributed by atoms with van der Waals surface area (Å²) in [7, 11) is 1.76. The molecule has 2 N–H and O–H groups in total. The molecule has 1 aliphatic carbocycles. The second-order valence-corrected chi connectivity index (χ2v) is 10.0. The number of carbonyl (C=O) groups excluding carboxylic acids is 2. The Bertz CT molecular complexity index is 1390. The predicted molar refractivity (Wildman–Crippen MR) is 139 cm³/mol. The van der Waals surface area contributed by atoms with Gasteiger partial charge in [0.05, 0.1) is 24.4 Å².